The van der Waals surface area contributed by atoms with Crippen molar-refractivity contribution in [2.75, 3.05) is 19.7 Å². The van der Waals surface area contributed by atoms with E-state index in [1.54, 1.807) is 0 Å². The third kappa shape index (κ3) is 3.47. The van der Waals surface area contributed by atoms with Crippen LogP contribution < -0.4 is 5.56 Å². The SMILES string of the molecule is O=C(CCc1cc(=O)[nH]o1)N1CCC2(CC1)OCCc1cn(-c3ccccc3)nc12. The Morgan fingerprint density at radius 2 is 2.00 bits per heavy atom. The topological polar surface area (TPSA) is 93.4 Å². The summed E-state index contributed by atoms with van der Waals surface area (Å²) in [6.45, 7) is 1.94. The summed E-state index contributed by atoms with van der Waals surface area (Å²) < 4.78 is 13.2. The second kappa shape index (κ2) is 7.60. The molecule has 1 fully saturated rings. The van der Waals surface area contributed by atoms with Gasteiger partial charge in [-0.15, -0.1) is 0 Å². The molecule has 2 aromatic heterocycles. The van der Waals surface area contributed by atoms with Crippen molar-refractivity contribution in [3.63, 3.8) is 0 Å². The van der Waals surface area contributed by atoms with Crippen LogP contribution in [0.4, 0.5) is 0 Å². The molecule has 0 aliphatic carbocycles. The molecular formula is C22H24N4O4. The van der Waals surface area contributed by atoms with Crippen LogP contribution in [0, 0.1) is 0 Å². The van der Waals surface area contributed by atoms with E-state index in [2.05, 4.69) is 11.4 Å². The Labute approximate surface area is 173 Å². The first-order chi connectivity index (χ1) is 14.6. The molecule has 156 valence electrons. The van der Waals surface area contributed by atoms with Crippen LogP contribution in [0.25, 0.3) is 5.69 Å². The van der Waals surface area contributed by atoms with Crippen molar-refractivity contribution < 1.29 is 14.1 Å². The number of H-pyrrole nitrogens is 1. The summed E-state index contributed by atoms with van der Waals surface area (Å²) in [5.74, 6) is 0.577. The van der Waals surface area contributed by atoms with Gasteiger partial charge in [-0.1, -0.05) is 18.2 Å². The molecule has 8 heteroatoms. The first-order valence-electron chi connectivity index (χ1n) is 10.4. The molecule has 0 radical (unpaired) electrons. The number of rotatable bonds is 4. The standard InChI is InChI=1S/C22H24N4O4/c27-19-14-18(30-24-19)6-7-20(28)25-11-9-22(10-12-25)21-16(8-13-29-22)15-26(23-21)17-4-2-1-3-5-17/h1-5,14-15H,6-13H2,(H,24,27). The molecule has 1 spiro atoms. The van der Waals surface area contributed by atoms with Gasteiger partial charge in [0.05, 0.1) is 18.0 Å². The van der Waals surface area contributed by atoms with E-state index >= 15 is 0 Å². The second-order valence-corrected chi connectivity index (χ2v) is 7.94. The number of likely N-dealkylation sites (tertiary alicyclic amines) is 1. The van der Waals surface area contributed by atoms with Gasteiger partial charge in [0.1, 0.15) is 11.4 Å². The van der Waals surface area contributed by atoms with E-state index in [1.807, 2.05) is 39.9 Å². The number of fused-ring (bicyclic) bond motifs is 2. The zero-order valence-electron chi connectivity index (χ0n) is 16.7. The van der Waals surface area contributed by atoms with Crippen molar-refractivity contribution in [2.24, 2.45) is 0 Å². The minimum atomic E-state index is -0.419. The first-order valence-corrected chi connectivity index (χ1v) is 10.4. The monoisotopic (exact) mass is 408 g/mol. The highest BCUT2D eigenvalue weighted by Crippen LogP contribution is 2.41. The highest BCUT2D eigenvalue weighted by molar-refractivity contribution is 5.76. The Balaban J connectivity index is 1.27. The van der Waals surface area contributed by atoms with E-state index < -0.39 is 5.60 Å². The molecule has 1 N–H and O–H groups in total. The van der Waals surface area contributed by atoms with E-state index in [4.69, 9.17) is 14.4 Å². The summed E-state index contributed by atoms with van der Waals surface area (Å²) in [6, 6.07) is 11.5. The lowest BCUT2D eigenvalue weighted by Crippen LogP contribution is -2.48. The molecule has 30 heavy (non-hydrogen) atoms. The Morgan fingerprint density at radius 3 is 2.73 bits per heavy atom. The van der Waals surface area contributed by atoms with Crippen LogP contribution in [-0.4, -0.2) is 45.4 Å². The fourth-order valence-electron chi connectivity index (χ4n) is 4.44. The van der Waals surface area contributed by atoms with Gasteiger partial charge in [-0.05, 0) is 37.0 Å². The minimum Gasteiger partial charge on any atom is -0.384 e. The molecule has 0 saturated carbocycles. The summed E-state index contributed by atoms with van der Waals surface area (Å²) in [4.78, 5) is 25.6. The number of para-hydroxylation sites is 1. The van der Waals surface area contributed by atoms with Gasteiger partial charge in [-0.25, -0.2) is 4.68 Å². The largest absolute Gasteiger partial charge is 0.384 e. The quantitative estimate of drug-likeness (QED) is 0.714. The fraction of sp³-hybridized carbons (Fsp3) is 0.409. The highest BCUT2D eigenvalue weighted by atomic mass is 16.5. The van der Waals surface area contributed by atoms with Gasteiger partial charge >= 0.3 is 0 Å². The summed E-state index contributed by atoms with van der Waals surface area (Å²) in [7, 11) is 0. The lowest BCUT2D eigenvalue weighted by atomic mass is 9.83. The molecule has 1 saturated heterocycles. The lowest BCUT2D eigenvalue weighted by Gasteiger charge is -2.43. The Hall–Kier alpha value is -3.13. The van der Waals surface area contributed by atoms with Crippen LogP contribution >= 0.6 is 0 Å². The lowest BCUT2D eigenvalue weighted by molar-refractivity contribution is -0.141. The fourth-order valence-corrected chi connectivity index (χ4v) is 4.44. The summed E-state index contributed by atoms with van der Waals surface area (Å²) in [5.41, 5.74) is 2.58. The molecule has 3 aromatic rings. The zero-order valence-corrected chi connectivity index (χ0v) is 16.7. The number of nitrogens with zero attached hydrogens (tertiary/aromatic N) is 3. The number of aromatic nitrogens is 3. The number of nitrogens with one attached hydrogen (secondary N) is 1. The van der Waals surface area contributed by atoms with E-state index in [0.29, 0.717) is 38.3 Å². The van der Waals surface area contributed by atoms with Crippen LogP contribution in [0.5, 0.6) is 0 Å². The number of carbonyl (C=O) groups is 1. The average molecular weight is 408 g/mol. The molecule has 2 aliphatic rings. The molecule has 1 amide bonds. The van der Waals surface area contributed by atoms with Crippen molar-refractivity contribution >= 4 is 5.91 Å². The molecule has 0 atom stereocenters. The van der Waals surface area contributed by atoms with Gasteiger partial charge in [0, 0.05) is 38.2 Å². The predicted octanol–water partition coefficient (Wildman–Crippen LogP) is 2.18. The van der Waals surface area contributed by atoms with Gasteiger partial charge in [-0.2, -0.15) is 10.3 Å². The minimum absolute atomic E-state index is 0.0690. The van der Waals surface area contributed by atoms with Gasteiger partial charge < -0.3 is 14.2 Å². The Morgan fingerprint density at radius 1 is 1.20 bits per heavy atom. The van der Waals surface area contributed by atoms with Crippen molar-refractivity contribution in [3.05, 3.63) is 70.0 Å². The van der Waals surface area contributed by atoms with Crippen molar-refractivity contribution in [3.8, 4) is 5.69 Å². The van der Waals surface area contributed by atoms with E-state index in [9.17, 15) is 9.59 Å². The van der Waals surface area contributed by atoms with Crippen LogP contribution in [0.15, 0.2) is 51.9 Å². The van der Waals surface area contributed by atoms with Crippen LogP contribution in [-0.2, 0) is 28.0 Å². The predicted molar refractivity (Wildman–Crippen MR) is 108 cm³/mol. The number of hydrogen-bond acceptors (Lipinski definition) is 5. The summed E-state index contributed by atoms with van der Waals surface area (Å²) in [6.07, 6.45) is 5.17. The van der Waals surface area contributed by atoms with E-state index in [-0.39, 0.29) is 11.5 Å². The van der Waals surface area contributed by atoms with Crippen molar-refractivity contribution in [1.29, 1.82) is 0 Å². The van der Waals surface area contributed by atoms with E-state index in [0.717, 1.165) is 30.6 Å². The van der Waals surface area contributed by atoms with Crippen LogP contribution in [0.1, 0.15) is 36.3 Å². The van der Waals surface area contributed by atoms with Crippen LogP contribution in [0.2, 0.25) is 0 Å². The Bertz CT molecular complexity index is 1090. The number of hydrogen-bond donors (Lipinski definition) is 1. The van der Waals surface area contributed by atoms with Crippen LogP contribution in [0.3, 0.4) is 0 Å². The second-order valence-electron chi connectivity index (χ2n) is 7.94. The van der Waals surface area contributed by atoms with E-state index in [1.165, 1.54) is 11.6 Å². The highest BCUT2D eigenvalue weighted by Gasteiger charge is 2.44. The number of piperidine rings is 1. The third-order valence-electron chi connectivity index (χ3n) is 6.08. The maximum atomic E-state index is 12.6. The van der Waals surface area contributed by atoms with Gasteiger partial charge in [-0.3, -0.25) is 9.59 Å². The molecule has 4 heterocycles. The summed E-state index contributed by atoms with van der Waals surface area (Å²) in [5, 5.41) is 7.14. The number of benzene rings is 1. The number of aromatic amines is 1. The molecular weight excluding hydrogens is 384 g/mol. The molecule has 8 nitrogen and oxygen atoms in total. The molecule has 2 aliphatic heterocycles. The van der Waals surface area contributed by atoms with Gasteiger partial charge in [0.25, 0.3) is 5.56 Å². The third-order valence-corrected chi connectivity index (χ3v) is 6.08. The number of amides is 1. The zero-order chi connectivity index (χ0) is 20.6. The van der Waals surface area contributed by atoms with Gasteiger partial charge in [0.15, 0.2) is 0 Å². The smallest absolute Gasteiger partial charge is 0.280 e. The normalized spacial score (nSPS) is 17.8. The number of aryl methyl sites for hydroxylation is 1. The first kappa shape index (κ1) is 18.9. The Kier molecular flexibility index (Phi) is 4.78. The average Bonchev–Trinajstić information content (AvgIpc) is 3.40. The number of carbonyl (C=O) groups excluding carboxylic acids is 1. The molecule has 5 rings (SSSR count). The maximum absolute atomic E-state index is 12.6. The summed E-state index contributed by atoms with van der Waals surface area (Å²) >= 11 is 0. The molecule has 0 unspecified atom stereocenters. The van der Waals surface area contributed by atoms with Crippen molar-refractivity contribution in [2.45, 2.75) is 37.7 Å². The maximum Gasteiger partial charge on any atom is 0.280 e. The number of ether oxygens (including phenoxy) is 1. The molecule has 1 aromatic carbocycles. The van der Waals surface area contributed by atoms with Gasteiger partial charge in [0.2, 0.25) is 5.91 Å². The molecule has 0 bridgehead atoms. The van der Waals surface area contributed by atoms with Crippen molar-refractivity contribution in [1.82, 2.24) is 19.8 Å².